The van der Waals surface area contributed by atoms with Crippen molar-refractivity contribution in [2.24, 2.45) is 0 Å². The van der Waals surface area contributed by atoms with Gasteiger partial charge < -0.3 is 24.3 Å². The first-order valence-electron chi connectivity index (χ1n) is 4.62. The largest absolute Gasteiger partial charge is 0.379 e. The SMILES string of the molecule is O=P(O)(O)CC(N1CCOCC1)P(=O)(O)O. The Morgan fingerprint density at radius 2 is 1.62 bits per heavy atom. The highest BCUT2D eigenvalue weighted by Crippen LogP contribution is 2.50. The van der Waals surface area contributed by atoms with Crippen LogP contribution in [0.3, 0.4) is 0 Å². The molecule has 8 nitrogen and oxygen atoms in total. The smallest absolute Gasteiger partial charge is 0.343 e. The van der Waals surface area contributed by atoms with Crippen LogP contribution in [-0.2, 0) is 13.9 Å². The third-order valence-electron chi connectivity index (χ3n) is 2.26. The van der Waals surface area contributed by atoms with Gasteiger partial charge in [-0.1, -0.05) is 0 Å². The van der Waals surface area contributed by atoms with E-state index in [9.17, 15) is 9.13 Å². The van der Waals surface area contributed by atoms with Crippen LogP contribution < -0.4 is 0 Å². The van der Waals surface area contributed by atoms with Gasteiger partial charge in [0.1, 0.15) is 5.78 Å². The van der Waals surface area contributed by atoms with Gasteiger partial charge >= 0.3 is 15.2 Å². The van der Waals surface area contributed by atoms with Crippen LogP contribution in [0.5, 0.6) is 0 Å². The molecule has 0 spiro atoms. The summed E-state index contributed by atoms with van der Waals surface area (Å²) >= 11 is 0. The second kappa shape index (κ2) is 5.25. The lowest BCUT2D eigenvalue weighted by Crippen LogP contribution is -2.45. The van der Waals surface area contributed by atoms with Crippen molar-refractivity contribution < 1.29 is 33.4 Å². The van der Waals surface area contributed by atoms with Crippen molar-refractivity contribution >= 4 is 15.2 Å². The van der Waals surface area contributed by atoms with Gasteiger partial charge in [0.25, 0.3) is 0 Å². The second-order valence-corrected chi connectivity index (χ2v) is 7.03. The molecule has 16 heavy (non-hydrogen) atoms. The van der Waals surface area contributed by atoms with Crippen LogP contribution in [0.4, 0.5) is 0 Å². The summed E-state index contributed by atoms with van der Waals surface area (Å²) in [6.07, 6.45) is -0.836. The predicted octanol–water partition coefficient (Wildman–Crippen LogP) is -1.000. The molecule has 1 heterocycles. The van der Waals surface area contributed by atoms with E-state index >= 15 is 0 Å². The summed E-state index contributed by atoms with van der Waals surface area (Å²) in [6.45, 7) is 1.13. The van der Waals surface area contributed by atoms with Crippen LogP contribution >= 0.6 is 15.2 Å². The van der Waals surface area contributed by atoms with Gasteiger partial charge in [-0.3, -0.25) is 14.0 Å². The molecule has 1 fully saturated rings. The highest BCUT2D eigenvalue weighted by atomic mass is 31.2. The monoisotopic (exact) mass is 275 g/mol. The Hall–Kier alpha value is 0.220. The number of morpholine rings is 1. The van der Waals surface area contributed by atoms with Crippen molar-refractivity contribution in [1.29, 1.82) is 0 Å². The molecule has 1 rings (SSSR count). The third-order valence-corrected chi connectivity index (χ3v) is 4.65. The molecular formula is C6H15NO7P2. The van der Waals surface area contributed by atoms with Crippen LogP contribution in [0, 0.1) is 0 Å². The maximum absolute atomic E-state index is 11.2. The molecule has 0 amide bonds. The molecule has 0 aromatic carbocycles. The molecular weight excluding hydrogens is 260 g/mol. The van der Waals surface area contributed by atoms with Crippen molar-refractivity contribution in [1.82, 2.24) is 4.90 Å². The first-order valence-corrected chi connectivity index (χ1v) is 8.09. The van der Waals surface area contributed by atoms with Gasteiger partial charge in [0, 0.05) is 13.1 Å². The van der Waals surface area contributed by atoms with E-state index in [-0.39, 0.29) is 13.1 Å². The van der Waals surface area contributed by atoms with Gasteiger partial charge in [-0.25, -0.2) is 0 Å². The minimum Gasteiger partial charge on any atom is -0.379 e. The molecule has 4 N–H and O–H groups in total. The topological polar surface area (TPSA) is 128 Å². The summed E-state index contributed by atoms with van der Waals surface area (Å²) in [7, 11) is -9.02. The fourth-order valence-corrected chi connectivity index (χ4v) is 4.32. The van der Waals surface area contributed by atoms with Crippen LogP contribution in [0.1, 0.15) is 0 Å². The lowest BCUT2D eigenvalue weighted by Gasteiger charge is -2.34. The van der Waals surface area contributed by atoms with E-state index in [1.165, 1.54) is 4.90 Å². The van der Waals surface area contributed by atoms with Gasteiger partial charge in [0.05, 0.1) is 19.4 Å². The average molecular weight is 275 g/mol. The minimum absolute atomic E-state index is 0.260. The number of hydrogen-bond acceptors (Lipinski definition) is 4. The summed E-state index contributed by atoms with van der Waals surface area (Å²) in [6, 6.07) is 0. The summed E-state index contributed by atoms with van der Waals surface area (Å²) in [5.41, 5.74) is 0. The van der Waals surface area contributed by atoms with E-state index in [4.69, 9.17) is 24.3 Å². The quantitative estimate of drug-likeness (QED) is 0.481. The molecule has 0 aromatic heterocycles. The Bertz CT molecular complexity index is 317. The predicted molar refractivity (Wildman–Crippen MR) is 55.1 cm³/mol. The van der Waals surface area contributed by atoms with Crippen LogP contribution in [0.25, 0.3) is 0 Å². The fourth-order valence-electron chi connectivity index (χ4n) is 1.52. The highest BCUT2D eigenvalue weighted by molar-refractivity contribution is 7.56. The van der Waals surface area contributed by atoms with Crippen LogP contribution in [0.15, 0.2) is 0 Å². The number of rotatable bonds is 4. The molecule has 0 aromatic rings. The van der Waals surface area contributed by atoms with Gasteiger partial charge in [0.15, 0.2) is 0 Å². The molecule has 1 atom stereocenters. The van der Waals surface area contributed by atoms with Crippen molar-refractivity contribution in [3.8, 4) is 0 Å². The Balaban J connectivity index is 2.78. The zero-order valence-corrected chi connectivity index (χ0v) is 10.3. The standard InChI is InChI=1S/C6H15NO7P2/c8-15(9,10)5-6(16(11,12)13)7-1-3-14-4-2-7/h6H,1-5H2,(H2,8,9,10)(H2,11,12,13). The summed E-state index contributed by atoms with van der Waals surface area (Å²) in [4.78, 5) is 37.1. The molecule has 0 bridgehead atoms. The number of nitrogens with zero attached hydrogens (tertiary/aromatic N) is 1. The molecule has 0 saturated carbocycles. The summed E-state index contributed by atoms with van der Waals surface area (Å²) in [5, 5.41) is 0. The molecule has 1 aliphatic heterocycles. The minimum atomic E-state index is -4.56. The Labute approximate surface area is 92.5 Å². The van der Waals surface area contributed by atoms with Gasteiger partial charge in [-0.2, -0.15) is 0 Å². The van der Waals surface area contributed by atoms with E-state index in [2.05, 4.69) is 0 Å². The molecule has 96 valence electrons. The van der Waals surface area contributed by atoms with E-state index < -0.39 is 27.1 Å². The lowest BCUT2D eigenvalue weighted by molar-refractivity contribution is 0.0296. The van der Waals surface area contributed by atoms with Gasteiger partial charge in [-0.05, 0) is 0 Å². The fraction of sp³-hybridized carbons (Fsp3) is 1.00. The number of hydrogen-bond donors (Lipinski definition) is 4. The van der Waals surface area contributed by atoms with E-state index in [0.29, 0.717) is 13.2 Å². The first kappa shape index (κ1) is 14.3. The summed E-state index contributed by atoms with van der Waals surface area (Å²) < 4.78 is 27.0. The first-order chi connectivity index (χ1) is 7.20. The van der Waals surface area contributed by atoms with E-state index in [0.717, 1.165) is 0 Å². The van der Waals surface area contributed by atoms with E-state index in [1.54, 1.807) is 0 Å². The maximum Gasteiger partial charge on any atom is 0.343 e. The molecule has 0 radical (unpaired) electrons. The Kier molecular flexibility index (Phi) is 4.68. The molecule has 0 aliphatic carbocycles. The highest BCUT2D eigenvalue weighted by Gasteiger charge is 2.39. The third kappa shape index (κ3) is 4.61. The lowest BCUT2D eigenvalue weighted by atomic mass is 10.4. The van der Waals surface area contributed by atoms with Gasteiger partial charge in [0.2, 0.25) is 0 Å². The van der Waals surface area contributed by atoms with E-state index in [1.807, 2.05) is 0 Å². The summed E-state index contributed by atoms with van der Waals surface area (Å²) in [5.74, 6) is -1.43. The molecule has 10 heteroatoms. The van der Waals surface area contributed by atoms with Crippen LogP contribution in [-0.4, -0.2) is 62.7 Å². The van der Waals surface area contributed by atoms with Crippen molar-refractivity contribution in [3.63, 3.8) is 0 Å². The zero-order valence-electron chi connectivity index (χ0n) is 8.47. The molecule has 1 aliphatic rings. The number of ether oxygens (including phenoxy) is 1. The second-order valence-electron chi connectivity index (χ2n) is 3.57. The van der Waals surface area contributed by atoms with Crippen molar-refractivity contribution in [2.75, 3.05) is 32.5 Å². The molecule has 1 unspecified atom stereocenters. The van der Waals surface area contributed by atoms with Crippen molar-refractivity contribution in [3.05, 3.63) is 0 Å². The normalized spacial score (nSPS) is 22.0. The Morgan fingerprint density at radius 3 is 2.00 bits per heavy atom. The maximum atomic E-state index is 11.2. The van der Waals surface area contributed by atoms with Crippen molar-refractivity contribution in [2.45, 2.75) is 5.78 Å². The van der Waals surface area contributed by atoms with Gasteiger partial charge in [-0.15, -0.1) is 0 Å². The zero-order chi connectivity index (χ0) is 12.4. The Morgan fingerprint density at radius 1 is 1.12 bits per heavy atom. The molecule has 1 saturated heterocycles. The average Bonchev–Trinajstić information content (AvgIpc) is 2.13. The van der Waals surface area contributed by atoms with Crippen LogP contribution in [0.2, 0.25) is 0 Å².